The Balaban J connectivity index is 1.60. The van der Waals surface area contributed by atoms with Crippen molar-refractivity contribution in [3.63, 3.8) is 0 Å². The van der Waals surface area contributed by atoms with E-state index < -0.39 is 0 Å². The van der Waals surface area contributed by atoms with Crippen LogP contribution in [0.5, 0.6) is 0 Å². The molecule has 3 unspecified atom stereocenters. The van der Waals surface area contributed by atoms with Gasteiger partial charge in [-0.3, -0.25) is 4.79 Å². The number of hydrogen-bond acceptors (Lipinski definition) is 4. The van der Waals surface area contributed by atoms with Crippen molar-refractivity contribution in [2.75, 3.05) is 5.32 Å². The van der Waals surface area contributed by atoms with Gasteiger partial charge in [0, 0.05) is 17.6 Å². The van der Waals surface area contributed by atoms with Gasteiger partial charge < -0.3 is 10.6 Å². The second-order valence-corrected chi connectivity index (χ2v) is 5.83. The van der Waals surface area contributed by atoms with Gasteiger partial charge in [-0.05, 0) is 25.2 Å². The molecule has 0 bridgehead atoms. The molecule has 2 fully saturated rings. The number of nitrogens with zero attached hydrogens (tertiary/aromatic N) is 1. The van der Waals surface area contributed by atoms with Crippen molar-refractivity contribution in [2.45, 2.75) is 44.2 Å². The zero-order valence-electron chi connectivity index (χ0n) is 9.69. The van der Waals surface area contributed by atoms with E-state index in [1.807, 2.05) is 5.38 Å². The second-order valence-electron chi connectivity index (χ2n) is 4.93. The van der Waals surface area contributed by atoms with Gasteiger partial charge in [0.15, 0.2) is 5.13 Å². The number of rotatable bonds is 2. The highest BCUT2D eigenvalue weighted by molar-refractivity contribution is 7.13. The highest BCUT2D eigenvalue weighted by Gasteiger charge is 2.38. The number of thiazole rings is 1. The molecule has 92 valence electrons. The summed E-state index contributed by atoms with van der Waals surface area (Å²) in [5, 5.41) is 8.92. The van der Waals surface area contributed by atoms with Crippen LogP contribution in [0.4, 0.5) is 5.13 Å². The SMILES string of the molecule is O=C(Nc1nccs1)C1CC2CCCCC2N1. The van der Waals surface area contributed by atoms with Crippen LogP contribution in [0.15, 0.2) is 11.6 Å². The maximum atomic E-state index is 12.0. The summed E-state index contributed by atoms with van der Waals surface area (Å²) in [6, 6.07) is 0.544. The number of anilines is 1. The molecule has 0 aromatic carbocycles. The smallest absolute Gasteiger partial charge is 0.243 e. The molecule has 1 aromatic heterocycles. The maximum absolute atomic E-state index is 12.0. The maximum Gasteiger partial charge on any atom is 0.243 e. The molecule has 1 aliphatic carbocycles. The van der Waals surface area contributed by atoms with Crippen LogP contribution in [-0.2, 0) is 4.79 Å². The number of carbonyl (C=O) groups excluding carboxylic acids is 1. The van der Waals surface area contributed by atoms with Gasteiger partial charge in [0.2, 0.25) is 5.91 Å². The molecule has 0 radical (unpaired) electrons. The molecule has 1 saturated carbocycles. The van der Waals surface area contributed by atoms with E-state index in [1.165, 1.54) is 37.0 Å². The molecule has 4 nitrogen and oxygen atoms in total. The standard InChI is InChI=1S/C12H17N3OS/c16-11(15-12-13-5-6-17-12)10-7-8-3-1-2-4-9(8)14-10/h5-6,8-10,14H,1-4,7H2,(H,13,15,16). The molecule has 1 aromatic rings. The van der Waals surface area contributed by atoms with E-state index in [0.29, 0.717) is 17.1 Å². The van der Waals surface area contributed by atoms with Gasteiger partial charge in [0.05, 0.1) is 6.04 Å². The molecule has 0 spiro atoms. The third-order valence-electron chi connectivity index (χ3n) is 3.84. The van der Waals surface area contributed by atoms with Crippen LogP contribution in [0.1, 0.15) is 32.1 Å². The largest absolute Gasteiger partial charge is 0.303 e. The number of aromatic nitrogens is 1. The number of amides is 1. The van der Waals surface area contributed by atoms with E-state index in [-0.39, 0.29) is 11.9 Å². The first-order valence-corrected chi connectivity index (χ1v) is 7.17. The highest BCUT2D eigenvalue weighted by Crippen LogP contribution is 2.33. The minimum absolute atomic E-state index is 0.0213. The van der Waals surface area contributed by atoms with Crippen LogP contribution < -0.4 is 10.6 Å². The predicted molar refractivity (Wildman–Crippen MR) is 68.0 cm³/mol. The predicted octanol–water partition coefficient (Wildman–Crippen LogP) is 2.00. The van der Waals surface area contributed by atoms with Gasteiger partial charge in [-0.25, -0.2) is 4.98 Å². The van der Waals surface area contributed by atoms with Crippen LogP contribution in [0.25, 0.3) is 0 Å². The Bertz CT molecular complexity index is 378. The third kappa shape index (κ3) is 2.35. The van der Waals surface area contributed by atoms with Crippen molar-refractivity contribution in [3.8, 4) is 0 Å². The average Bonchev–Trinajstić information content (AvgIpc) is 2.96. The van der Waals surface area contributed by atoms with Crippen molar-refractivity contribution in [3.05, 3.63) is 11.6 Å². The number of carbonyl (C=O) groups is 1. The van der Waals surface area contributed by atoms with Crippen LogP contribution in [-0.4, -0.2) is 23.0 Å². The Kier molecular flexibility index (Phi) is 3.11. The Hall–Kier alpha value is -0.940. The number of nitrogens with one attached hydrogen (secondary N) is 2. The van der Waals surface area contributed by atoms with E-state index in [2.05, 4.69) is 15.6 Å². The van der Waals surface area contributed by atoms with E-state index in [9.17, 15) is 4.79 Å². The highest BCUT2D eigenvalue weighted by atomic mass is 32.1. The van der Waals surface area contributed by atoms with Gasteiger partial charge in [-0.15, -0.1) is 11.3 Å². The molecule has 1 aliphatic heterocycles. The Morgan fingerprint density at radius 2 is 2.35 bits per heavy atom. The molecule has 17 heavy (non-hydrogen) atoms. The summed E-state index contributed by atoms with van der Waals surface area (Å²) in [6.45, 7) is 0. The Labute approximate surface area is 105 Å². The summed E-state index contributed by atoms with van der Waals surface area (Å²) in [7, 11) is 0. The minimum Gasteiger partial charge on any atom is -0.303 e. The van der Waals surface area contributed by atoms with Crippen molar-refractivity contribution in [1.82, 2.24) is 10.3 Å². The summed E-state index contributed by atoms with van der Waals surface area (Å²) >= 11 is 1.46. The van der Waals surface area contributed by atoms with E-state index in [4.69, 9.17) is 0 Å². The lowest BCUT2D eigenvalue weighted by atomic mass is 9.85. The first-order valence-electron chi connectivity index (χ1n) is 6.29. The molecule has 2 aliphatic rings. The van der Waals surface area contributed by atoms with Crippen molar-refractivity contribution in [1.29, 1.82) is 0 Å². The van der Waals surface area contributed by atoms with Crippen molar-refractivity contribution in [2.24, 2.45) is 5.92 Å². The summed E-state index contributed by atoms with van der Waals surface area (Å²) < 4.78 is 0. The average molecular weight is 251 g/mol. The van der Waals surface area contributed by atoms with E-state index >= 15 is 0 Å². The van der Waals surface area contributed by atoms with Gasteiger partial charge in [-0.2, -0.15) is 0 Å². The molecule has 5 heteroatoms. The van der Waals surface area contributed by atoms with E-state index in [1.54, 1.807) is 6.20 Å². The summed E-state index contributed by atoms with van der Waals surface area (Å²) in [5.74, 6) is 0.783. The zero-order valence-corrected chi connectivity index (χ0v) is 10.5. The summed E-state index contributed by atoms with van der Waals surface area (Å²) in [6.07, 6.45) is 7.83. The quantitative estimate of drug-likeness (QED) is 0.845. The third-order valence-corrected chi connectivity index (χ3v) is 4.53. The Morgan fingerprint density at radius 1 is 1.47 bits per heavy atom. The van der Waals surface area contributed by atoms with Gasteiger partial charge >= 0.3 is 0 Å². The molecule has 1 saturated heterocycles. The summed E-state index contributed by atoms with van der Waals surface area (Å²) in [4.78, 5) is 16.1. The molecule has 3 atom stereocenters. The van der Waals surface area contributed by atoms with Crippen LogP contribution in [0, 0.1) is 5.92 Å². The fourth-order valence-electron chi connectivity index (χ4n) is 3.00. The number of hydrogen-bond donors (Lipinski definition) is 2. The van der Waals surface area contributed by atoms with Gasteiger partial charge in [0.25, 0.3) is 0 Å². The first-order chi connectivity index (χ1) is 8.33. The molecular weight excluding hydrogens is 234 g/mol. The van der Waals surface area contributed by atoms with Crippen LogP contribution in [0.2, 0.25) is 0 Å². The monoisotopic (exact) mass is 251 g/mol. The fourth-order valence-corrected chi connectivity index (χ4v) is 3.53. The normalized spacial score (nSPS) is 32.1. The first kappa shape index (κ1) is 11.2. The molecular formula is C12H17N3OS. The van der Waals surface area contributed by atoms with Crippen LogP contribution >= 0.6 is 11.3 Å². The molecule has 2 N–H and O–H groups in total. The van der Waals surface area contributed by atoms with Gasteiger partial charge in [-0.1, -0.05) is 12.8 Å². The molecule has 3 rings (SSSR count). The van der Waals surface area contributed by atoms with Gasteiger partial charge in [0.1, 0.15) is 0 Å². The van der Waals surface area contributed by atoms with Crippen molar-refractivity contribution < 1.29 is 4.79 Å². The number of fused-ring (bicyclic) bond motifs is 1. The van der Waals surface area contributed by atoms with E-state index in [0.717, 1.165) is 6.42 Å². The Morgan fingerprint density at radius 3 is 3.12 bits per heavy atom. The topological polar surface area (TPSA) is 54.0 Å². The fraction of sp³-hybridized carbons (Fsp3) is 0.667. The second kappa shape index (κ2) is 4.74. The van der Waals surface area contributed by atoms with Crippen molar-refractivity contribution >= 4 is 22.4 Å². The minimum atomic E-state index is -0.0213. The molecule has 1 amide bonds. The lowest BCUT2D eigenvalue weighted by Gasteiger charge is -2.24. The lowest BCUT2D eigenvalue weighted by molar-refractivity contribution is -0.117. The molecule has 2 heterocycles. The zero-order chi connectivity index (χ0) is 11.7. The van der Waals surface area contributed by atoms with Crippen LogP contribution in [0.3, 0.4) is 0 Å². The lowest BCUT2D eigenvalue weighted by Crippen LogP contribution is -2.39. The summed E-state index contributed by atoms with van der Waals surface area (Å²) in [5.41, 5.74) is 0.